The van der Waals surface area contributed by atoms with Gasteiger partial charge in [-0.1, -0.05) is 20.3 Å². The number of fused-ring (bicyclic) bond motifs is 1. The Morgan fingerprint density at radius 2 is 1.81 bits per heavy atom. The van der Waals surface area contributed by atoms with Crippen LogP contribution in [-0.4, -0.2) is 49.6 Å². The minimum absolute atomic E-state index is 0.878. The van der Waals surface area contributed by atoms with Gasteiger partial charge in [-0.25, -0.2) is 0 Å². The zero-order valence-electron chi connectivity index (χ0n) is 11.3. The summed E-state index contributed by atoms with van der Waals surface area (Å²) < 4.78 is 0. The van der Waals surface area contributed by atoms with E-state index in [1.807, 2.05) is 0 Å². The smallest absolute Gasteiger partial charge is 0.00134 e. The van der Waals surface area contributed by atoms with Gasteiger partial charge in [0.1, 0.15) is 0 Å². The minimum atomic E-state index is 0.878. The molecule has 0 aromatic heterocycles. The Morgan fingerprint density at radius 3 is 2.56 bits per heavy atom. The van der Waals surface area contributed by atoms with Crippen LogP contribution in [0.5, 0.6) is 0 Å². The molecule has 0 bridgehead atoms. The summed E-state index contributed by atoms with van der Waals surface area (Å²) in [6, 6.07) is 0. The Balaban J connectivity index is 1.81. The zero-order chi connectivity index (χ0) is 11.5. The fourth-order valence-electron chi connectivity index (χ4n) is 3.34. The van der Waals surface area contributed by atoms with Gasteiger partial charge in [0.15, 0.2) is 0 Å². The Bertz CT molecular complexity index is 217. The topological polar surface area (TPSA) is 6.48 Å². The van der Waals surface area contributed by atoms with Crippen molar-refractivity contribution >= 4 is 0 Å². The van der Waals surface area contributed by atoms with E-state index in [0.29, 0.717) is 0 Å². The standard InChI is InChI=1S/C14H28N2/c1-4-12(2)9-16-8-6-13-10-15(3)7-5-14(13)11-16/h12-14H,4-11H2,1-3H3. The lowest BCUT2D eigenvalue weighted by Gasteiger charge is -2.44. The third kappa shape index (κ3) is 2.98. The van der Waals surface area contributed by atoms with Crippen molar-refractivity contribution in [3.05, 3.63) is 0 Å². The summed E-state index contributed by atoms with van der Waals surface area (Å²) >= 11 is 0. The van der Waals surface area contributed by atoms with Crippen LogP contribution in [0.1, 0.15) is 33.1 Å². The maximum atomic E-state index is 2.72. The molecule has 2 heteroatoms. The lowest BCUT2D eigenvalue weighted by Crippen LogP contribution is -2.49. The van der Waals surface area contributed by atoms with Gasteiger partial charge in [-0.05, 0) is 50.7 Å². The van der Waals surface area contributed by atoms with E-state index in [1.165, 1.54) is 52.0 Å². The molecule has 2 aliphatic heterocycles. The average molecular weight is 224 g/mol. The number of likely N-dealkylation sites (tertiary alicyclic amines) is 2. The highest BCUT2D eigenvalue weighted by Gasteiger charge is 2.32. The Hall–Kier alpha value is -0.0800. The van der Waals surface area contributed by atoms with Gasteiger partial charge in [-0.2, -0.15) is 0 Å². The van der Waals surface area contributed by atoms with Gasteiger partial charge < -0.3 is 9.80 Å². The van der Waals surface area contributed by atoms with Crippen molar-refractivity contribution in [2.75, 3.05) is 39.8 Å². The normalized spacial score (nSPS) is 34.7. The van der Waals surface area contributed by atoms with Crippen LogP contribution >= 0.6 is 0 Å². The summed E-state index contributed by atoms with van der Waals surface area (Å²) in [5.74, 6) is 2.86. The summed E-state index contributed by atoms with van der Waals surface area (Å²) in [5.41, 5.74) is 0. The molecule has 3 unspecified atom stereocenters. The van der Waals surface area contributed by atoms with Crippen molar-refractivity contribution in [3.63, 3.8) is 0 Å². The molecule has 2 nitrogen and oxygen atoms in total. The number of piperidine rings is 2. The Labute approximate surface area is 101 Å². The predicted octanol–water partition coefficient (Wildman–Crippen LogP) is 2.31. The largest absolute Gasteiger partial charge is 0.306 e. The highest BCUT2D eigenvalue weighted by Crippen LogP contribution is 2.30. The summed E-state index contributed by atoms with van der Waals surface area (Å²) in [6.07, 6.45) is 4.19. The molecule has 0 aromatic carbocycles. The quantitative estimate of drug-likeness (QED) is 0.726. The summed E-state index contributed by atoms with van der Waals surface area (Å²) in [5, 5.41) is 0. The molecule has 0 saturated carbocycles. The molecule has 0 radical (unpaired) electrons. The zero-order valence-corrected chi connectivity index (χ0v) is 11.3. The highest BCUT2D eigenvalue weighted by molar-refractivity contribution is 4.86. The van der Waals surface area contributed by atoms with Crippen LogP contribution in [0.2, 0.25) is 0 Å². The third-order valence-corrected chi connectivity index (χ3v) is 4.67. The number of nitrogens with zero attached hydrogens (tertiary/aromatic N) is 2. The van der Waals surface area contributed by atoms with Crippen LogP contribution in [0, 0.1) is 17.8 Å². The van der Waals surface area contributed by atoms with E-state index in [1.54, 1.807) is 0 Å². The molecule has 2 rings (SSSR count). The van der Waals surface area contributed by atoms with Crippen molar-refractivity contribution < 1.29 is 0 Å². The molecule has 16 heavy (non-hydrogen) atoms. The molecule has 3 atom stereocenters. The molecule has 0 spiro atoms. The summed E-state index contributed by atoms with van der Waals surface area (Å²) in [7, 11) is 2.28. The lowest BCUT2D eigenvalue weighted by molar-refractivity contribution is 0.0467. The van der Waals surface area contributed by atoms with E-state index >= 15 is 0 Å². The molecule has 0 amide bonds. The van der Waals surface area contributed by atoms with E-state index in [4.69, 9.17) is 0 Å². The fourth-order valence-corrected chi connectivity index (χ4v) is 3.34. The van der Waals surface area contributed by atoms with Gasteiger partial charge in [0.2, 0.25) is 0 Å². The van der Waals surface area contributed by atoms with Crippen LogP contribution in [-0.2, 0) is 0 Å². The Kier molecular flexibility index (Phi) is 4.26. The number of hydrogen-bond acceptors (Lipinski definition) is 2. The lowest BCUT2D eigenvalue weighted by atomic mass is 9.80. The monoisotopic (exact) mass is 224 g/mol. The van der Waals surface area contributed by atoms with Crippen LogP contribution < -0.4 is 0 Å². The van der Waals surface area contributed by atoms with Crippen LogP contribution in [0.25, 0.3) is 0 Å². The molecule has 2 heterocycles. The molecule has 0 aliphatic carbocycles. The van der Waals surface area contributed by atoms with E-state index in [9.17, 15) is 0 Å². The summed E-state index contributed by atoms with van der Waals surface area (Å²) in [6.45, 7) is 11.4. The van der Waals surface area contributed by atoms with E-state index < -0.39 is 0 Å². The molecule has 2 aliphatic rings. The number of rotatable bonds is 3. The van der Waals surface area contributed by atoms with Crippen molar-refractivity contribution in [3.8, 4) is 0 Å². The van der Waals surface area contributed by atoms with Crippen LogP contribution in [0.15, 0.2) is 0 Å². The van der Waals surface area contributed by atoms with Gasteiger partial charge in [0.05, 0.1) is 0 Å². The first-order valence-electron chi connectivity index (χ1n) is 7.10. The van der Waals surface area contributed by atoms with Gasteiger partial charge in [-0.15, -0.1) is 0 Å². The summed E-state index contributed by atoms with van der Waals surface area (Å²) in [4.78, 5) is 5.24. The molecule has 94 valence electrons. The maximum Gasteiger partial charge on any atom is 0.00134 e. The minimum Gasteiger partial charge on any atom is -0.306 e. The van der Waals surface area contributed by atoms with E-state index in [0.717, 1.165) is 17.8 Å². The Morgan fingerprint density at radius 1 is 1.12 bits per heavy atom. The first-order valence-corrected chi connectivity index (χ1v) is 7.10. The highest BCUT2D eigenvalue weighted by atomic mass is 15.2. The molecule has 2 fully saturated rings. The second kappa shape index (κ2) is 5.50. The van der Waals surface area contributed by atoms with E-state index in [-0.39, 0.29) is 0 Å². The van der Waals surface area contributed by atoms with Crippen LogP contribution in [0.3, 0.4) is 0 Å². The molecule has 2 saturated heterocycles. The fraction of sp³-hybridized carbons (Fsp3) is 1.00. The first kappa shape index (κ1) is 12.4. The van der Waals surface area contributed by atoms with Gasteiger partial charge in [0.25, 0.3) is 0 Å². The number of hydrogen-bond donors (Lipinski definition) is 0. The van der Waals surface area contributed by atoms with Crippen LogP contribution in [0.4, 0.5) is 0 Å². The molecular formula is C14H28N2. The van der Waals surface area contributed by atoms with Crippen molar-refractivity contribution in [2.45, 2.75) is 33.1 Å². The molecule has 0 aromatic rings. The SMILES string of the molecule is CCC(C)CN1CCC2CN(C)CCC2C1. The maximum absolute atomic E-state index is 2.72. The van der Waals surface area contributed by atoms with Crippen molar-refractivity contribution in [1.29, 1.82) is 0 Å². The van der Waals surface area contributed by atoms with E-state index in [2.05, 4.69) is 30.7 Å². The molecular weight excluding hydrogens is 196 g/mol. The van der Waals surface area contributed by atoms with Gasteiger partial charge in [-0.3, -0.25) is 0 Å². The third-order valence-electron chi connectivity index (χ3n) is 4.67. The first-order chi connectivity index (χ1) is 7.69. The second-order valence-corrected chi connectivity index (χ2v) is 6.13. The van der Waals surface area contributed by atoms with Crippen molar-refractivity contribution in [1.82, 2.24) is 9.80 Å². The van der Waals surface area contributed by atoms with Gasteiger partial charge in [0, 0.05) is 19.6 Å². The average Bonchev–Trinajstić information content (AvgIpc) is 2.29. The van der Waals surface area contributed by atoms with Crippen molar-refractivity contribution in [2.24, 2.45) is 17.8 Å². The predicted molar refractivity (Wildman–Crippen MR) is 69.6 cm³/mol. The van der Waals surface area contributed by atoms with Gasteiger partial charge >= 0.3 is 0 Å². The molecule has 0 N–H and O–H groups in total. The second-order valence-electron chi connectivity index (χ2n) is 6.13.